The standard InChI is InChI=1S/C21H19N5O2S2.BrH/c1-14-12-15(2)23-20(22-14)26-30(27,28)18-10-8-17(9-11-18)24-21-25-19(13-29-21)16-6-4-3-5-7-16;/h3-13H,1-2H3,(H,24,25)(H,22,23,26);1H. The van der Waals surface area contributed by atoms with Crippen molar-refractivity contribution >= 4 is 55.1 Å². The highest BCUT2D eigenvalue weighted by atomic mass is 79.9. The van der Waals surface area contributed by atoms with Crippen LogP contribution in [0, 0.1) is 13.8 Å². The zero-order valence-corrected chi connectivity index (χ0v) is 20.1. The molecule has 2 aromatic carbocycles. The summed E-state index contributed by atoms with van der Waals surface area (Å²) in [6.07, 6.45) is 0. The third kappa shape index (κ3) is 5.66. The van der Waals surface area contributed by atoms with Crippen LogP contribution in [0.5, 0.6) is 0 Å². The van der Waals surface area contributed by atoms with Crippen molar-refractivity contribution < 1.29 is 8.42 Å². The molecule has 2 aromatic heterocycles. The molecule has 31 heavy (non-hydrogen) atoms. The summed E-state index contributed by atoms with van der Waals surface area (Å²) in [6.45, 7) is 3.57. The molecule has 4 rings (SSSR count). The van der Waals surface area contributed by atoms with Gasteiger partial charge in [-0.25, -0.2) is 28.1 Å². The van der Waals surface area contributed by atoms with E-state index in [0.29, 0.717) is 11.4 Å². The van der Waals surface area contributed by atoms with Crippen LogP contribution in [-0.4, -0.2) is 23.4 Å². The summed E-state index contributed by atoms with van der Waals surface area (Å²) in [5.41, 5.74) is 4.06. The van der Waals surface area contributed by atoms with Crippen LogP contribution in [0.1, 0.15) is 11.4 Å². The summed E-state index contributed by atoms with van der Waals surface area (Å²) in [7, 11) is -3.78. The SMILES string of the molecule is Br.Cc1cc(C)nc(NS(=O)(=O)c2ccc(Nc3nc(-c4ccccc4)cs3)cc2)n1. The maximum absolute atomic E-state index is 12.6. The Morgan fingerprint density at radius 2 is 1.52 bits per heavy atom. The number of hydrogen-bond acceptors (Lipinski definition) is 7. The third-order valence-electron chi connectivity index (χ3n) is 4.20. The van der Waals surface area contributed by atoms with Crippen LogP contribution in [0.4, 0.5) is 16.8 Å². The molecule has 0 bridgehead atoms. The number of rotatable bonds is 6. The van der Waals surface area contributed by atoms with Crippen molar-refractivity contribution in [2.75, 3.05) is 10.0 Å². The van der Waals surface area contributed by atoms with Crippen LogP contribution in [0.2, 0.25) is 0 Å². The van der Waals surface area contributed by atoms with Crippen molar-refractivity contribution in [1.82, 2.24) is 15.0 Å². The number of nitrogens with zero attached hydrogens (tertiary/aromatic N) is 3. The summed E-state index contributed by atoms with van der Waals surface area (Å²) >= 11 is 1.48. The van der Waals surface area contributed by atoms with E-state index in [4.69, 9.17) is 0 Å². The second-order valence-electron chi connectivity index (χ2n) is 6.63. The van der Waals surface area contributed by atoms with Crippen LogP contribution in [0.25, 0.3) is 11.3 Å². The molecule has 0 aliphatic rings. The molecule has 0 aliphatic heterocycles. The van der Waals surface area contributed by atoms with Gasteiger partial charge in [0.25, 0.3) is 10.0 Å². The second-order valence-corrected chi connectivity index (χ2v) is 9.17. The van der Waals surface area contributed by atoms with Crippen LogP contribution in [0.15, 0.2) is 70.9 Å². The topological polar surface area (TPSA) is 96.9 Å². The fourth-order valence-electron chi connectivity index (χ4n) is 2.86. The molecule has 0 amide bonds. The summed E-state index contributed by atoms with van der Waals surface area (Å²) in [5, 5.41) is 5.91. The second kappa shape index (κ2) is 9.54. The molecule has 0 spiro atoms. The molecule has 0 atom stereocenters. The van der Waals surface area contributed by atoms with E-state index in [2.05, 4.69) is 25.0 Å². The Balaban J connectivity index is 0.00000272. The van der Waals surface area contributed by atoms with Crippen molar-refractivity contribution in [3.8, 4) is 11.3 Å². The van der Waals surface area contributed by atoms with Gasteiger partial charge in [0.05, 0.1) is 10.6 Å². The Morgan fingerprint density at radius 3 is 2.16 bits per heavy atom. The molecule has 0 radical (unpaired) electrons. The van der Waals surface area contributed by atoms with Crippen LogP contribution in [-0.2, 0) is 10.0 Å². The number of hydrogen-bond donors (Lipinski definition) is 2. The first-order chi connectivity index (χ1) is 14.4. The number of sulfonamides is 1. The van der Waals surface area contributed by atoms with E-state index in [9.17, 15) is 8.42 Å². The van der Waals surface area contributed by atoms with Gasteiger partial charge in [-0.2, -0.15) is 0 Å². The number of thiazole rings is 1. The Kier molecular flexibility index (Phi) is 7.04. The first-order valence-electron chi connectivity index (χ1n) is 9.12. The molecule has 0 fully saturated rings. The van der Waals surface area contributed by atoms with Gasteiger partial charge in [-0.3, -0.25) is 0 Å². The number of halogens is 1. The van der Waals surface area contributed by atoms with E-state index in [1.54, 1.807) is 32.0 Å². The van der Waals surface area contributed by atoms with Crippen LogP contribution < -0.4 is 10.0 Å². The third-order valence-corrected chi connectivity index (χ3v) is 6.30. The van der Waals surface area contributed by atoms with Crippen LogP contribution in [0.3, 0.4) is 0 Å². The zero-order chi connectivity index (χ0) is 21.1. The van der Waals surface area contributed by atoms with E-state index in [0.717, 1.165) is 22.1 Å². The lowest BCUT2D eigenvalue weighted by atomic mass is 10.2. The monoisotopic (exact) mass is 517 g/mol. The lowest BCUT2D eigenvalue weighted by Gasteiger charge is -2.09. The van der Waals surface area contributed by atoms with Gasteiger partial charge in [0, 0.05) is 28.0 Å². The highest BCUT2D eigenvalue weighted by Crippen LogP contribution is 2.27. The molecule has 7 nitrogen and oxygen atoms in total. The maximum atomic E-state index is 12.6. The first-order valence-corrected chi connectivity index (χ1v) is 11.5. The van der Waals surface area contributed by atoms with Crippen molar-refractivity contribution in [2.45, 2.75) is 18.7 Å². The minimum absolute atomic E-state index is 0. The summed E-state index contributed by atoms with van der Waals surface area (Å²) < 4.78 is 27.7. The smallest absolute Gasteiger partial charge is 0.264 e. The molecule has 2 heterocycles. The largest absolute Gasteiger partial charge is 0.332 e. The van der Waals surface area contributed by atoms with Gasteiger partial charge in [0.2, 0.25) is 5.95 Å². The van der Waals surface area contributed by atoms with E-state index in [-0.39, 0.29) is 27.8 Å². The Hall–Kier alpha value is -2.82. The summed E-state index contributed by atoms with van der Waals surface area (Å²) in [6, 6.07) is 18.1. The lowest BCUT2D eigenvalue weighted by Crippen LogP contribution is -2.15. The number of nitrogens with one attached hydrogen (secondary N) is 2. The Labute approximate surface area is 195 Å². The van der Waals surface area contributed by atoms with Crippen molar-refractivity contribution in [3.05, 3.63) is 77.4 Å². The molecular formula is C21H20BrN5O2S2. The molecule has 4 aromatic rings. The first kappa shape index (κ1) is 22.9. The average Bonchev–Trinajstić information content (AvgIpc) is 3.16. The van der Waals surface area contributed by atoms with Crippen molar-refractivity contribution in [2.24, 2.45) is 0 Å². The van der Waals surface area contributed by atoms with Gasteiger partial charge in [-0.15, -0.1) is 28.3 Å². The normalized spacial score (nSPS) is 10.9. The molecule has 0 aliphatic carbocycles. The number of benzene rings is 2. The fraction of sp³-hybridized carbons (Fsp3) is 0.0952. The Morgan fingerprint density at radius 1 is 0.871 bits per heavy atom. The summed E-state index contributed by atoms with van der Waals surface area (Å²) in [4.78, 5) is 13.0. The van der Waals surface area contributed by atoms with Gasteiger partial charge < -0.3 is 5.32 Å². The molecule has 10 heteroatoms. The van der Waals surface area contributed by atoms with Crippen molar-refractivity contribution in [3.63, 3.8) is 0 Å². The van der Waals surface area contributed by atoms with E-state index >= 15 is 0 Å². The number of aryl methyl sites for hydroxylation is 2. The minimum Gasteiger partial charge on any atom is -0.332 e. The Bertz CT molecular complexity index is 1260. The summed E-state index contributed by atoms with van der Waals surface area (Å²) in [5.74, 6) is 0.0610. The zero-order valence-electron chi connectivity index (χ0n) is 16.7. The molecule has 0 saturated heterocycles. The van der Waals surface area contributed by atoms with E-state index in [1.807, 2.05) is 35.7 Å². The molecule has 160 valence electrons. The predicted octanol–water partition coefficient (Wildman–Crippen LogP) is 5.34. The fourth-order valence-corrected chi connectivity index (χ4v) is 4.55. The number of anilines is 3. The maximum Gasteiger partial charge on any atom is 0.264 e. The van der Waals surface area contributed by atoms with Gasteiger partial charge in [-0.05, 0) is 44.2 Å². The van der Waals surface area contributed by atoms with Gasteiger partial charge in [-0.1, -0.05) is 30.3 Å². The molecule has 2 N–H and O–H groups in total. The lowest BCUT2D eigenvalue weighted by molar-refractivity contribution is 0.601. The molecular weight excluding hydrogens is 498 g/mol. The molecule has 0 unspecified atom stereocenters. The number of aromatic nitrogens is 3. The van der Waals surface area contributed by atoms with E-state index < -0.39 is 10.0 Å². The quantitative estimate of drug-likeness (QED) is 0.358. The van der Waals surface area contributed by atoms with Crippen LogP contribution >= 0.6 is 28.3 Å². The predicted molar refractivity (Wildman–Crippen MR) is 130 cm³/mol. The van der Waals surface area contributed by atoms with Gasteiger partial charge in [0.15, 0.2) is 5.13 Å². The minimum atomic E-state index is -3.78. The average molecular weight is 518 g/mol. The van der Waals surface area contributed by atoms with E-state index in [1.165, 1.54) is 23.5 Å². The van der Waals surface area contributed by atoms with Crippen molar-refractivity contribution in [1.29, 1.82) is 0 Å². The highest BCUT2D eigenvalue weighted by molar-refractivity contribution is 8.93. The molecule has 0 saturated carbocycles. The van der Waals surface area contributed by atoms with Gasteiger partial charge >= 0.3 is 0 Å². The highest BCUT2D eigenvalue weighted by Gasteiger charge is 2.16. The van der Waals surface area contributed by atoms with Gasteiger partial charge in [0.1, 0.15) is 0 Å².